The number of carbonyl (C=O) groups excluding carboxylic acids is 1. The zero-order valence-corrected chi connectivity index (χ0v) is 22.0. The van der Waals surface area contributed by atoms with E-state index < -0.39 is 0 Å². The lowest BCUT2D eigenvalue weighted by atomic mass is 10.0. The zero-order valence-electron chi connectivity index (χ0n) is 22.0. The van der Waals surface area contributed by atoms with Crippen LogP contribution in [-0.2, 0) is 9.53 Å². The molecule has 2 nitrogen and oxygen atoms in total. The van der Waals surface area contributed by atoms with Gasteiger partial charge in [-0.3, -0.25) is 4.79 Å². The Morgan fingerprint density at radius 3 is 1.35 bits per heavy atom. The largest absolute Gasteiger partial charge is 0.461 e. The van der Waals surface area contributed by atoms with Crippen molar-refractivity contribution in [2.75, 3.05) is 6.61 Å². The molecule has 0 aliphatic heterocycles. The highest BCUT2D eigenvalue weighted by Gasteiger charge is 2.01. The van der Waals surface area contributed by atoms with Gasteiger partial charge in [-0.15, -0.1) is 0 Å². The second-order valence-corrected chi connectivity index (χ2v) is 8.55. The van der Waals surface area contributed by atoms with Gasteiger partial charge in [-0.05, 0) is 19.4 Å². The van der Waals surface area contributed by atoms with Crippen LogP contribution in [0.4, 0.5) is 0 Å². The Kier molecular flexibility index (Phi) is 26.7. The molecule has 0 amide bonds. The molecule has 0 bridgehead atoms. The first-order valence-corrected chi connectivity index (χ1v) is 13.6. The van der Waals surface area contributed by atoms with Crippen molar-refractivity contribution in [2.45, 2.75) is 104 Å². The topological polar surface area (TPSA) is 26.3 Å². The lowest BCUT2D eigenvalue weighted by Crippen LogP contribution is -2.03. The summed E-state index contributed by atoms with van der Waals surface area (Å²) in [5, 5.41) is 0. The van der Waals surface area contributed by atoms with Crippen LogP contribution in [-0.4, -0.2) is 12.6 Å². The van der Waals surface area contributed by atoms with E-state index in [0.717, 1.165) is 12.8 Å². The van der Waals surface area contributed by atoms with Gasteiger partial charge in [-0.1, -0.05) is 163 Å². The average Bonchev–Trinajstić information content (AvgIpc) is 2.84. The molecule has 0 fully saturated rings. The number of hydrogen-bond donors (Lipinski definition) is 0. The van der Waals surface area contributed by atoms with E-state index in [-0.39, 0.29) is 5.97 Å². The highest BCUT2D eigenvalue weighted by Crippen LogP contribution is 2.13. The lowest BCUT2D eigenvalue weighted by Gasteiger charge is -2.03. The first-order chi connectivity index (χ1) is 16.8. The monoisotopic (exact) mass is 466 g/mol. The Balaban J connectivity index is 3.51. The van der Waals surface area contributed by atoms with Gasteiger partial charge in [-0.2, -0.15) is 0 Å². The molecule has 0 heterocycles. The molecule has 0 aliphatic carbocycles. The first kappa shape index (κ1) is 31.6. The third kappa shape index (κ3) is 27.7. The lowest BCUT2D eigenvalue weighted by molar-refractivity contribution is -0.142. The fourth-order valence-electron chi connectivity index (χ4n) is 3.39. The summed E-state index contributed by atoms with van der Waals surface area (Å²) in [4.78, 5) is 11.8. The molecule has 0 aliphatic rings. The summed E-state index contributed by atoms with van der Waals surface area (Å²) >= 11 is 0. The number of ether oxygens (including phenoxy) is 1. The van der Waals surface area contributed by atoms with E-state index in [1.807, 2.05) is 92.0 Å². The molecule has 0 radical (unpaired) electrons. The second kappa shape index (κ2) is 28.7. The van der Waals surface area contributed by atoms with Crippen LogP contribution in [0.15, 0.2) is 85.1 Å². The fourth-order valence-corrected chi connectivity index (χ4v) is 3.39. The standard InChI is InChI=1S/C32H50O2/c1-3-5-7-9-11-13-15-17-19-21-23-25-27-29-31-34-32(33)30-28-26-24-22-20-18-16-14-12-10-8-6-4-2/h3,5,7,9,11,13,15,17,19,21,23,25,27,29H,4,6,8,10,12,14,16,18,20,22,24,26,28,30-31H2,1-2H3. The summed E-state index contributed by atoms with van der Waals surface area (Å²) in [5.74, 6) is -0.0876. The Morgan fingerprint density at radius 1 is 0.529 bits per heavy atom. The highest BCUT2D eigenvalue weighted by atomic mass is 16.5. The normalized spacial score (nSPS) is 12.9. The Hall–Kier alpha value is -2.35. The first-order valence-electron chi connectivity index (χ1n) is 13.6. The maximum atomic E-state index is 11.8. The summed E-state index contributed by atoms with van der Waals surface area (Å²) in [6.07, 6.45) is 45.1. The summed E-state index contributed by atoms with van der Waals surface area (Å²) in [6.45, 7) is 4.61. The van der Waals surface area contributed by atoms with Crippen LogP contribution in [0.25, 0.3) is 0 Å². The van der Waals surface area contributed by atoms with E-state index in [1.54, 1.807) is 0 Å². The van der Waals surface area contributed by atoms with Gasteiger partial charge in [-0.25, -0.2) is 0 Å². The van der Waals surface area contributed by atoms with Gasteiger partial charge >= 0.3 is 5.97 Å². The molecular formula is C32H50O2. The van der Waals surface area contributed by atoms with Crippen LogP contribution in [0.1, 0.15) is 104 Å². The SMILES string of the molecule is CC=CC=CC=CC=CC=CC=CC=CCOC(=O)CCCCCCCCCCCCCCC. The quantitative estimate of drug-likeness (QED) is 0.0901. The number of allylic oxidation sites excluding steroid dienone is 13. The fraction of sp³-hybridized carbons (Fsp3) is 0.531. The van der Waals surface area contributed by atoms with Crippen LogP contribution in [0.3, 0.4) is 0 Å². The van der Waals surface area contributed by atoms with Crippen LogP contribution in [0.2, 0.25) is 0 Å². The highest BCUT2D eigenvalue weighted by molar-refractivity contribution is 5.69. The Morgan fingerprint density at radius 2 is 0.912 bits per heavy atom. The third-order valence-electron chi connectivity index (χ3n) is 5.38. The van der Waals surface area contributed by atoms with Crippen LogP contribution >= 0.6 is 0 Å². The minimum atomic E-state index is -0.0876. The number of unbranched alkanes of at least 4 members (excludes halogenated alkanes) is 12. The molecule has 0 atom stereocenters. The maximum Gasteiger partial charge on any atom is 0.306 e. The van der Waals surface area contributed by atoms with Crippen molar-refractivity contribution < 1.29 is 9.53 Å². The Labute approximate surface area is 211 Å². The molecule has 0 aromatic carbocycles. The van der Waals surface area contributed by atoms with Crippen molar-refractivity contribution >= 4 is 5.97 Å². The van der Waals surface area contributed by atoms with E-state index in [9.17, 15) is 4.79 Å². The molecule has 0 spiro atoms. The molecule has 34 heavy (non-hydrogen) atoms. The summed E-state index contributed by atoms with van der Waals surface area (Å²) in [5.41, 5.74) is 0. The van der Waals surface area contributed by atoms with Crippen molar-refractivity contribution in [1.29, 1.82) is 0 Å². The zero-order chi connectivity index (χ0) is 24.8. The van der Waals surface area contributed by atoms with Gasteiger partial charge < -0.3 is 4.74 Å². The molecule has 0 aromatic heterocycles. The van der Waals surface area contributed by atoms with Crippen LogP contribution in [0.5, 0.6) is 0 Å². The molecule has 0 aromatic rings. The maximum absolute atomic E-state index is 11.8. The Bertz CT molecular complexity index is 644. The van der Waals surface area contributed by atoms with Crippen LogP contribution < -0.4 is 0 Å². The molecule has 2 heteroatoms. The summed E-state index contributed by atoms with van der Waals surface area (Å²) < 4.78 is 5.25. The van der Waals surface area contributed by atoms with Gasteiger partial charge in [0.25, 0.3) is 0 Å². The third-order valence-corrected chi connectivity index (χ3v) is 5.38. The second-order valence-electron chi connectivity index (χ2n) is 8.55. The van der Waals surface area contributed by atoms with Crippen molar-refractivity contribution in [3.05, 3.63) is 85.1 Å². The summed E-state index contributed by atoms with van der Waals surface area (Å²) in [6, 6.07) is 0. The van der Waals surface area contributed by atoms with E-state index in [2.05, 4.69) is 6.92 Å². The molecule has 0 rings (SSSR count). The summed E-state index contributed by atoms with van der Waals surface area (Å²) in [7, 11) is 0. The number of carbonyl (C=O) groups is 1. The minimum absolute atomic E-state index is 0.0876. The molecule has 0 N–H and O–H groups in total. The van der Waals surface area contributed by atoms with Crippen molar-refractivity contribution in [2.24, 2.45) is 0 Å². The van der Waals surface area contributed by atoms with E-state index in [0.29, 0.717) is 13.0 Å². The number of esters is 1. The number of hydrogen-bond acceptors (Lipinski definition) is 2. The molecule has 0 saturated heterocycles. The minimum Gasteiger partial charge on any atom is -0.461 e. The predicted octanol–water partition coefficient (Wildman–Crippen LogP) is 9.92. The molecule has 0 unspecified atom stereocenters. The van der Waals surface area contributed by atoms with E-state index >= 15 is 0 Å². The van der Waals surface area contributed by atoms with Crippen molar-refractivity contribution in [3.8, 4) is 0 Å². The molecular weight excluding hydrogens is 416 g/mol. The average molecular weight is 467 g/mol. The van der Waals surface area contributed by atoms with Gasteiger partial charge in [0, 0.05) is 6.42 Å². The molecule has 0 saturated carbocycles. The van der Waals surface area contributed by atoms with Gasteiger partial charge in [0.15, 0.2) is 0 Å². The van der Waals surface area contributed by atoms with Gasteiger partial charge in [0.1, 0.15) is 6.61 Å². The van der Waals surface area contributed by atoms with Gasteiger partial charge in [0.2, 0.25) is 0 Å². The van der Waals surface area contributed by atoms with Gasteiger partial charge in [0.05, 0.1) is 0 Å². The van der Waals surface area contributed by atoms with Crippen molar-refractivity contribution in [1.82, 2.24) is 0 Å². The number of rotatable bonds is 22. The molecule has 190 valence electrons. The smallest absolute Gasteiger partial charge is 0.306 e. The van der Waals surface area contributed by atoms with Crippen LogP contribution in [0, 0.1) is 0 Å². The van der Waals surface area contributed by atoms with E-state index in [4.69, 9.17) is 4.74 Å². The van der Waals surface area contributed by atoms with Crippen molar-refractivity contribution in [3.63, 3.8) is 0 Å². The van der Waals surface area contributed by atoms with E-state index in [1.165, 1.54) is 70.6 Å². The predicted molar refractivity (Wildman–Crippen MR) is 151 cm³/mol.